The van der Waals surface area contributed by atoms with Gasteiger partial charge in [0.05, 0.1) is 10.6 Å². The van der Waals surface area contributed by atoms with E-state index in [1.54, 1.807) is 24.3 Å². The summed E-state index contributed by atoms with van der Waals surface area (Å²) in [5, 5.41) is 0. The molecule has 0 atom stereocenters. The highest BCUT2D eigenvalue weighted by atomic mass is 32.2. The van der Waals surface area contributed by atoms with Crippen LogP contribution < -0.4 is 0 Å². The van der Waals surface area contributed by atoms with Crippen LogP contribution in [0, 0.1) is 5.82 Å². The van der Waals surface area contributed by atoms with E-state index in [1.807, 2.05) is 0 Å². The Hall–Kier alpha value is -1.75. The molecule has 0 aliphatic carbocycles. The summed E-state index contributed by atoms with van der Waals surface area (Å²) >= 11 is 0. The van der Waals surface area contributed by atoms with Crippen LogP contribution in [0.5, 0.6) is 0 Å². The average Bonchev–Trinajstić information content (AvgIpc) is 2.31. The van der Waals surface area contributed by atoms with Gasteiger partial charge < -0.3 is 0 Å². The second-order valence-corrected chi connectivity index (χ2v) is 5.97. The smallest absolute Gasteiger partial charge is 0.177 e. The first kappa shape index (κ1) is 12.7. The summed E-state index contributed by atoms with van der Waals surface area (Å²) in [6.07, 6.45) is 2.79. The molecule has 5 heteroatoms. The van der Waals surface area contributed by atoms with Crippen molar-refractivity contribution in [3.05, 3.63) is 59.7 Å². The van der Waals surface area contributed by atoms with E-state index in [9.17, 15) is 12.8 Å². The minimum atomic E-state index is -3.35. The fraction of sp³-hybridized carbons (Fsp3) is 0.154. The Labute approximate surface area is 105 Å². The monoisotopic (exact) mass is 265 g/mol. The van der Waals surface area contributed by atoms with Crippen LogP contribution in [0.1, 0.15) is 11.3 Å². The standard InChI is InChI=1S/C13H12FNO2S/c1-18(16,17)13-7-4-8-15-12(13)9-10-5-2-3-6-11(10)14/h2-8H,9H2,1H3. The van der Waals surface area contributed by atoms with E-state index >= 15 is 0 Å². The van der Waals surface area contributed by atoms with Gasteiger partial charge in [-0.15, -0.1) is 0 Å². The number of sulfone groups is 1. The molecule has 18 heavy (non-hydrogen) atoms. The fourth-order valence-corrected chi connectivity index (χ4v) is 2.59. The van der Waals surface area contributed by atoms with Crippen molar-refractivity contribution in [3.63, 3.8) is 0 Å². The van der Waals surface area contributed by atoms with Crippen molar-refractivity contribution in [2.75, 3.05) is 6.26 Å². The predicted octanol–water partition coefficient (Wildman–Crippen LogP) is 2.21. The third-order valence-electron chi connectivity index (χ3n) is 2.56. The molecule has 1 heterocycles. The molecule has 0 aliphatic rings. The van der Waals surface area contributed by atoms with Crippen LogP contribution in [0.2, 0.25) is 0 Å². The molecular weight excluding hydrogens is 253 g/mol. The average molecular weight is 265 g/mol. The number of halogens is 1. The van der Waals surface area contributed by atoms with Crippen LogP contribution in [0.4, 0.5) is 4.39 Å². The summed E-state index contributed by atoms with van der Waals surface area (Å²) in [7, 11) is -3.35. The Balaban J connectivity index is 2.45. The van der Waals surface area contributed by atoms with Crippen molar-refractivity contribution in [3.8, 4) is 0 Å². The maximum Gasteiger partial charge on any atom is 0.177 e. The molecule has 1 aromatic heterocycles. The number of hydrogen-bond acceptors (Lipinski definition) is 3. The summed E-state index contributed by atoms with van der Waals surface area (Å²) in [4.78, 5) is 4.18. The van der Waals surface area contributed by atoms with Gasteiger partial charge in [-0.1, -0.05) is 18.2 Å². The van der Waals surface area contributed by atoms with Gasteiger partial charge in [0.15, 0.2) is 9.84 Å². The van der Waals surface area contributed by atoms with Crippen molar-refractivity contribution < 1.29 is 12.8 Å². The maximum absolute atomic E-state index is 13.5. The number of hydrogen-bond donors (Lipinski definition) is 0. The Morgan fingerprint density at radius 1 is 1.17 bits per heavy atom. The van der Waals surface area contributed by atoms with E-state index in [1.165, 1.54) is 18.3 Å². The van der Waals surface area contributed by atoms with Gasteiger partial charge in [0, 0.05) is 18.9 Å². The quantitative estimate of drug-likeness (QED) is 0.855. The predicted molar refractivity (Wildman–Crippen MR) is 66.6 cm³/mol. The molecule has 0 N–H and O–H groups in total. The number of aromatic nitrogens is 1. The highest BCUT2D eigenvalue weighted by Crippen LogP contribution is 2.18. The van der Waals surface area contributed by atoms with Crippen LogP contribution >= 0.6 is 0 Å². The molecule has 94 valence electrons. The molecular formula is C13H12FNO2S. The zero-order chi connectivity index (χ0) is 13.2. The first-order chi connectivity index (χ1) is 8.48. The first-order valence-corrected chi connectivity index (χ1v) is 7.25. The molecule has 0 amide bonds. The molecule has 0 aliphatic heterocycles. The van der Waals surface area contributed by atoms with Crippen LogP contribution in [-0.2, 0) is 16.3 Å². The second kappa shape index (κ2) is 4.86. The largest absolute Gasteiger partial charge is 0.260 e. The maximum atomic E-state index is 13.5. The summed E-state index contributed by atoms with van der Waals surface area (Å²) in [6, 6.07) is 9.31. The number of pyridine rings is 1. The van der Waals surface area contributed by atoms with Gasteiger partial charge in [-0.05, 0) is 23.8 Å². The van der Waals surface area contributed by atoms with Gasteiger partial charge in [0.25, 0.3) is 0 Å². The van der Waals surface area contributed by atoms with Crippen molar-refractivity contribution in [1.82, 2.24) is 4.98 Å². The van der Waals surface area contributed by atoms with Gasteiger partial charge in [0.1, 0.15) is 5.82 Å². The third-order valence-corrected chi connectivity index (χ3v) is 3.73. The van der Waals surface area contributed by atoms with Crippen molar-refractivity contribution in [1.29, 1.82) is 0 Å². The summed E-state index contributed by atoms with van der Waals surface area (Å²) in [6.45, 7) is 0. The minimum Gasteiger partial charge on any atom is -0.260 e. The normalized spacial score (nSPS) is 11.4. The number of benzene rings is 1. The zero-order valence-corrected chi connectivity index (χ0v) is 10.6. The molecule has 0 bridgehead atoms. The lowest BCUT2D eigenvalue weighted by Crippen LogP contribution is -2.05. The zero-order valence-electron chi connectivity index (χ0n) is 9.80. The highest BCUT2D eigenvalue weighted by Gasteiger charge is 2.15. The lowest BCUT2D eigenvalue weighted by atomic mass is 10.1. The molecule has 1 aromatic carbocycles. The van der Waals surface area contributed by atoms with Gasteiger partial charge in [-0.25, -0.2) is 12.8 Å². The molecule has 2 aromatic rings. The van der Waals surface area contributed by atoms with Crippen molar-refractivity contribution in [2.45, 2.75) is 11.3 Å². The van der Waals surface area contributed by atoms with E-state index in [4.69, 9.17) is 0 Å². The molecule has 2 rings (SSSR count). The number of nitrogens with zero attached hydrogens (tertiary/aromatic N) is 1. The molecule has 0 saturated heterocycles. The Morgan fingerprint density at radius 3 is 2.56 bits per heavy atom. The topological polar surface area (TPSA) is 47.0 Å². The van der Waals surface area contributed by atoms with Crippen molar-refractivity contribution in [2.24, 2.45) is 0 Å². The Morgan fingerprint density at radius 2 is 1.89 bits per heavy atom. The van der Waals surface area contributed by atoms with Crippen LogP contribution in [-0.4, -0.2) is 19.7 Å². The summed E-state index contributed by atoms with van der Waals surface area (Å²) in [5.74, 6) is -0.359. The van der Waals surface area contributed by atoms with E-state index in [-0.39, 0.29) is 17.1 Å². The van der Waals surface area contributed by atoms with E-state index in [0.717, 1.165) is 6.26 Å². The van der Waals surface area contributed by atoms with Crippen LogP contribution in [0.3, 0.4) is 0 Å². The fourth-order valence-electron chi connectivity index (χ4n) is 1.72. The van der Waals surface area contributed by atoms with Gasteiger partial charge in [0.2, 0.25) is 0 Å². The highest BCUT2D eigenvalue weighted by molar-refractivity contribution is 7.90. The minimum absolute atomic E-state index is 0.147. The van der Waals surface area contributed by atoms with Crippen molar-refractivity contribution >= 4 is 9.84 Å². The molecule has 0 saturated carbocycles. The SMILES string of the molecule is CS(=O)(=O)c1cccnc1Cc1ccccc1F. The van der Waals surface area contributed by atoms with Gasteiger partial charge >= 0.3 is 0 Å². The second-order valence-electron chi connectivity index (χ2n) is 3.99. The van der Waals surface area contributed by atoms with Crippen LogP contribution in [0.15, 0.2) is 47.5 Å². The molecule has 0 fully saturated rings. The summed E-state index contributed by atoms with van der Waals surface area (Å²) < 4.78 is 36.7. The van der Waals surface area contributed by atoms with E-state index in [0.29, 0.717) is 11.3 Å². The molecule has 0 radical (unpaired) electrons. The Bertz CT molecular complexity index is 668. The van der Waals surface area contributed by atoms with E-state index in [2.05, 4.69) is 4.98 Å². The number of rotatable bonds is 3. The van der Waals surface area contributed by atoms with Gasteiger partial charge in [-0.3, -0.25) is 4.98 Å². The van der Waals surface area contributed by atoms with Crippen LogP contribution in [0.25, 0.3) is 0 Å². The third kappa shape index (κ3) is 2.73. The lowest BCUT2D eigenvalue weighted by Gasteiger charge is -2.07. The molecule has 0 spiro atoms. The van der Waals surface area contributed by atoms with Gasteiger partial charge in [-0.2, -0.15) is 0 Å². The lowest BCUT2D eigenvalue weighted by molar-refractivity contribution is 0.598. The molecule has 0 unspecified atom stereocenters. The first-order valence-electron chi connectivity index (χ1n) is 5.36. The molecule has 3 nitrogen and oxygen atoms in total. The van der Waals surface area contributed by atoms with E-state index < -0.39 is 9.84 Å². The summed E-state index contributed by atoms with van der Waals surface area (Å²) in [5.41, 5.74) is 0.797. The Kier molecular flexibility index (Phi) is 3.43.